The van der Waals surface area contributed by atoms with E-state index >= 15 is 0 Å². The maximum atomic E-state index is 11.7. The highest BCUT2D eigenvalue weighted by Gasteiger charge is 2.17. The predicted molar refractivity (Wildman–Crippen MR) is 74.4 cm³/mol. The van der Waals surface area contributed by atoms with E-state index in [0.717, 1.165) is 5.75 Å². The summed E-state index contributed by atoms with van der Waals surface area (Å²) in [5.41, 5.74) is 5.16. The molecular weight excluding hydrogens is 244 g/mol. The Morgan fingerprint density at radius 3 is 2.68 bits per heavy atom. The number of amides is 1. The molecular formula is C14H22N2O3. The van der Waals surface area contributed by atoms with Crippen LogP contribution in [0.15, 0.2) is 24.3 Å². The highest BCUT2D eigenvalue weighted by atomic mass is 16.5. The van der Waals surface area contributed by atoms with Crippen LogP contribution in [-0.2, 0) is 4.79 Å². The molecule has 5 heteroatoms. The molecule has 0 radical (unpaired) electrons. The first-order valence-electron chi connectivity index (χ1n) is 6.25. The molecule has 106 valence electrons. The first-order valence-corrected chi connectivity index (χ1v) is 6.25. The van der Waals surface area contributed by atoms with Crippen molar-refractivity contribution in [3.63, 3.8) is 0 Å². The summed E-state index contributed by atoms with van der Waals surface area (Å²) in [5.74, 6) is 1.34. The van der Waals surface area contributed by atoms with Crippen LogP contribution in [0.2, 0.25) is 0 Å². The van der Waals surface area contributed by atoms with Crippen molar-refractivity contribution < 1.29 is 14.3 Å². The molecule has 1 aromatic carbocycles. The van der Waals surface area contributed by atoms with E-state index in [1.165, 1.54) is 0 Å². The average molecular weight is 266 g/mol. The molecule has 0 aliphatic carbocycles. The number of carbonyl (C=O) groups is 1. The van der Waals surface area contributed by atoms with Gasteiger partial charge in [0.25, 0.3) is 0 Å². The van der Waals surface area contributed by atoms with Gasteiger partial charge in [-0.2, -0.15) is 0 Å². The fourth-order valence-electron chi connectivity index (χ4n) is 1.44. The lowest BCUT2D eigenvalue weighted by Gasteiger charge is -2.24. The molecule has 0 fully saturated rings. The molecule has 0 heterocycles. The molecule has 19 heavy (non-hydrogen) atoms. The summed E-state index contributed by atoms with van der Waals surface area (Å²) in [4.78, 5) is 11.7. The first-order chi connectivity index (χ1) is 8.96. The highest BCUT2D eigenvalue weighted by Crippen LogP contribution is 2.18. The fraction of sp³-hybridized carbons (Fsp3) is 0.500. The number of carbonyl (C=O) groups excluding carboxylic acids is 1. The molecule has 0 aromatic heterocycles. The third kappa shape index (κ3) is 5.61. The SMILES string of the molecule is COc1cccc(OCCC(=O)NC(C)(C)CN)c1. The Bertz CT molecular complexity index is 419. The van der Waals surface area contributed by atoms with E-state index in [1.807, 2.05) is 32.0 Å². The fourth-order valence-corrected chi connectivity index (χ4v) is 1.44. The first kappa shape index (κ1) is 15.3. The predicted octanol–water partition coefficient (Wildman–Crippen LogP) is 1.32. The lowest BCUT2D eigenvalue weighted by Crippen LogP contribution is -2.49. The second kappa shape index (κ2) is 6.99. The van der Waals surface area contributed by atoms with E-state index in [1.54, 1.807) is 13.2 Å². The monoisotopic (exact) mass is 266 g/mol. The molecule has 0 bridgehead atoms. The van der Waals surface area contributed by atoms with Crippen molar-refractivity contribution in [3.8, 4) is 11.5 Å². The molecule has 0 spiro atoms. The Hall–Kier alpha value is -1.75. The number of nitrogens with one attached hydrogen (secondary N) is 1. The molecule has 0 atom stereocenters. The minimum Gasteiger partial charge on any atom is -0.497 e. The third-order valence-corrected chi connectivity index (χ3v) is 2.63. The van der Waals surface area contributed by atoms with Gasteiger partial charge in [0.2, 0.25) is 5.91 Å². The number of ether oxygens (including phenoxy) is 2. The van der Waals surface area contributed by atoms with Crippen molar-refractivity contribution >= 4 is 5.91 Å². The van der Waals surface area contributed by atoms with Crippen LogP contribution in [0.1, 0.15) is 20.3 Å². The van der Waals surface area contributed by atoms with Crippen LogP contribution >= 0.6 is 0 Å². The number of benzene rings is 1. The molecule has 0 aliphatic heterocycles. The van der Waals surface area contributed by atoms with E-state index in [2.05, 4.69) is 5.32 Å². The van der Waals surface area contributed by atoms with Crippen LogP contribution < -0.4 is 20.5 Å². The molecule has 0 saturated heterocycles. The molecule has 1 amide bonds. The maximum absolute atomic E-state index is 11.7. The van der Waals surface area contributed by atoms with Gasteiger partial charge in [-0.15, -0.1) is 0 Å². The summed E-state index contributed by atoms with van der Waals surface area (Å²) in [6, 6.07) is 7.28. The van der Waals surface area contributed by atoms with E-state index in [4.69, 9.17) is 15.2 Å². The van der Waals surface area contributed by atoms with E-state index in [0.29, 0.717) is 25.3 Å². The van der Waals surface area contributed by atoms with Crippen molar-refractivity contribution in [2.45, 2.75) is 25.8 Å². The normalized spacial score (nSPS) is 10.9. The van der Waals surface area contributed by atoms with Crippen molar-refractivity contribution in [2.75, 3.05) is 20.3 Å². The molecule has 1 rings (SSSR count). The Kier molecular flexibility index (Phi) is 5.63. The van der Waals surface area contributed by atoms with Gasteiger partial charge in [-0.1, -0.05) is 6.07 Å². The second-order valence-corrected chi connectivity index (χ2v) is 4.91. The Morgan fingerprint density at radius 2 is 2.05 bits per heavy atom. The summed E-state index contributed by atoms with van der Waals surface area (Å²) in [7, 11) is 1.60. The van der Waals surface area contributed by atoms with Gasteiger partial charge in [0, 0.05) is 18.2 Å². The minimum atomic E-state index is -0.382. The third-order valence-electron chi connectivity index (χ3n) is 2.63. The van der Waals surface area contributed by atoms with Crippen molar-refractivity contribution in [3.05, 3.63) is 24.3 Å². The van der Waals surface area contributed by atoms with Gasteiger partial charge in [0.05, 0.1) is 20.1 Å². The second-order valence-electron chi connectivity index (χ2n) is 4.91. The van der Waals surface area contributed by atoms with E-state index in [-0.39, 0.29) is 11.4 Å². The summed E-state index contributed by atoms with van der Waals surface area (Å²) in [6.07, 6.45) is 0.292. The zero-order chi connectivity index (χ0) is 14.3. The van der Waals surface area contributed by atoms with Gasteiger partial charge in [0.15, 0.2) is 0 Å². The van der Waals surface area contributed by atoms with Crippen LogP contribution in [0.25, 0.3) is 0 Å². The quantitative estimate of drug-likeness (QED) is 0.780. The van der Waals surface area contributed by atoms with Gasteiger partial charge in [0.1, 0.15) is 11.5 Å². The highest BCUT2D eigenvalue weighted by molar-refractivity contribution is 5.76. The summed E-state index contributed by atoms with van der Waals surface area (Å²) in [5, 5.41) is 2.85. The van der Waals surface area contributed by atoms with Crippen LogP contribution in [0.3, 0.4) is 0 Å². The summed E-state index contributed by atoms with van der Waals surface area (Å²) >= 11 is 0. The average Bonchev–Trinajstić information content (AvgIpc) is 2.38. The number of methoxy groups -OCH3 is 1. The minimum absolute atomic E-state index is 0.0710. The van der Waals surface area contributed by atoms with E-state index in [9.17, 15) is 4.79 Å². The van der Waals surface area contributed by atoms with Crippen molar-refractivity contribution in [1.29, 1.82) is 0 Å². The Morgan fingerprint density at radius 1 is 1.37 bits per heavy atom. The summed E-state index contributed by atoms with van der Waals surface area (Å²) in [6.45, 7) is 4.48. The van der Waals surface area contributed by atoms with Crippen molar-refractivity contribution in [1.82, 2.24) is 5.32 Å². The standard InChI is InChI=1S/C14H22N2O3/c1-14(2,10-15)16-13(17)7-8-19-12-6-4-5-11(9-12)18-3/h4-6,9H,7-8,10,15H2,1-3H3,(H,16,17). The Labute approximate surface area is 114 Å². The largest absolute Gasteiger partial charge is 0.497 e. The smallest absolute Gasteiger partial charge is 0.223 e. The van der Waals surface area contributed by atoms with Crippen LogP contribution in [0.4, 0.5) is 0 Å². The van der Waals surface area contributed by atoms with Gasteiger partial charge in [-0.3, -0.25) is 4.79 Å². The zero-order valence-corrected chi connectivity index (χ0v) is 11.7. The topological polar surface area (TPSA) is 73.6 Å². The summed E-state index contributed by atoms with van der Waals surface area (Å²) < 4.78 is 10.6. The van der Waals surface area contributed by atoms with Gasteiger partial charge in [-0.05, 0) is 26.0 Å². The molecule has 1 aromatic rings. The maximum Gasteiger partial charge on any atom is 0.223 e. The lowest BCUT2D eigenvalue weighted by atomic mass is 10.1. The van der Waals surface area contributed by atoms with Gasteiger partial charge < -0.3 is 20.5 Å². The van der Waals surface area contributed by atoms with E-state index < -0.39 is 0 Å². The number of rotatable bonds is 7. The number of hydrogen-bond acceptors (Lipinski definition) is 4. The molecule has 3 N–H and O–H groups in total. The van der Waals surface area contributed by atoms with Crippen molar-refractivity contribution in [2.24, 2.45) is 5.73 Å². The van der Waals surface area contributed by atoms with Gasteiger partial charge in [-0.25, -0.2) is 0 Å². The number of nitrogens with two attached hydrogens (primary N) is 1. The molecule has 5 nitrogen and oxygen atoms in total. The Balaban J connectivity index is 2.35. The lowest BCUT2D eigenvalue weighted by molar-refractivity contribution is -0.123. The zero-order valence-electron chi connectivity index (χ0n) is 11.7. The van der Waals surface area contributed by atoms with Gasteiger partial charge >= 0.3 is 0 Å². The molecule has 0 saturated carbocycles. The van der Waals surface area contributed by atoms with Crippen LogP contribution in [0, 0.1) is 0 Å². The van der Waals surface area contributed by atoms with Crippen LogP contribution in [-0.4, -0.2) is 31.7 Å². The number of hydrogen-bond donors (Lipinski definition) is 2. The molecule has 0 unspecified atom stereocenters. The van der Waals surface area contributed by atoms with Crippen LogP contribution in [0.5, 0.6) is 11.5 Å². The molecule has 0 aliphatic rings.